The van der Waals surface area contributed by atoms with Crippen molar-refractivity contribution in [2.45, 2.75) is 53.1 Å². The summed E-state index contributed by atoms with van der Waals surface area (Å²) in [5.41, 5.74) is 0. The molecule has 1 saturated heterocycles. The molecule has 0 aromatic carbocycles. The third-order valence-electron chi connectivity index (χ3n) is 3.68. The van der Waals surface area contributed by atoms with Gasteiger partial charge in [-0.05, 0) is 30.6 Å². The molecule has 0 radical (unpaired) electrons. The van der Waals surface area contributed by atoms with Crippen LogP contribution in [0.2, 0.25) is 0 Å². The van der Waals surface area contributed by atoms with E-state index in [1.807, 2.05) is 0 Å². The molecule has 0 bridgehead atoms. The fourth-order valence-corrected chi connectivity index (χ4v) is 2.56. The Kier molecular flexibility index (Phi) is 5.96. The first-order chi connectivity index (χ1) is 8.00. The number of nitrogens with one attached hydrogen (secondary N) is 1. The summed E-state index contributed by atoms with van der Waals surface area (Å²) in [6, 6.07) is 0. The minimum atomic E-state index is 0.142. The van der Waals surface area contributed by atoms with E-state index in [-0.39, 0.29) is 12.0 Å². The second kappa shape index (κ2) is 7.00. The van der Waals surface area contributed by atoms with Gasteiger partial charge in [0.25, 0.3) is 0 Å². The zero-order chi connectivity index (χ0) is 12.8. The number of ether oxygens (including phenoxy) is 1. The molecule has 1 fully saturated rings. The molecule has 0 saturated carbocycles. The maximum atomic E-state index is 11.8. The Bertz CT molecular complexity index is 224. The highest BCUT2D eigenvalue weighted by Crippen LogP contribution is 2.20. The van der Waals surface area contributed by atoms with Crippen LogP contribution in [0.5, 0.6) is 0 Å². The molecular formula is C14H27NO2. The van der Waals surface area contributed by atoms with Crippen LogP contribution in [0, 0.1) is 17.8 Å². The first-order valence-corrected chi connectivity index (χ1v) is 6.89. The minimum absolute atomic E-state index is 0.142. The molecule has 1 aliphatic rings. The smallest absolute Gasteiger partial charge is 0.222 e. The van der Waals surface area contributed by atoms with Crippen molar-refractivity contribution in [2.24, 2.45) is 17.8 Å². The standard InChI is InChI=1S/C14H27NO2/c1-10(2)13(11(3)4)9-15-14(16)8-12-6-5-7-17-12/h10-13H,5-9H2,1-4H3,(H,15,16). The van der Waals surface area contributed by atoms with Crippen molar-refractivity contribution < 1.29 is 9.53 Å². The second-order valence-corrected chi connectivity index (χ2v) is 5.80. The third-order valence-corrected chi connectivity index (χ3v) is 3.68. The normalized spacial score (nSPS) is 20.5. The van der Waals surface area contributed by atoms with Crippen molar-refractivity contribution in [3.63, 3.8) is 0 Å². The second-order valence-electron chi connectivity index (χ2n) is 5.80. The van der Waals surface area contributed by atoms with Crippen LogP contribution in [-0.4, -0.2) is 25.2 Å². The summed E-state index contributed by atoms with van der Waals surface area (Å²) >= 11 is 0. The van der Waals surface area contributed by atoms with E-state index in [1.54, 1.807) is 0 Å². The van der Waals surface area contributed by atoms with Crippen molar-refractivity contribution in [3.05, 3.63) is 0 Å². The van der Waals surface area contributed by atoms with Crippen molar-refractivity contribution in [1.29, 1.82) is 0 Å². The zero-order valence-corrected chi connectivity index (χ0v) is 11.7. The predicted octanol–water partition coefficient (Wildman–Crippen LogP) is 2.60. The molecule has 1 aliphatic heterocycles. The number of hydrogen-bond donors (Lipinski definition) is 1. The Morgan fingerprint density at radius 2 is 1.94 bits per heavy atom. The maximum Gasteiger partial charge on any atom is 0.222 e. The van der Waals surface area contributed by atoms with Gasteiger partial charge in [-0.2, -0.15) is 0 Å². The first-order valence-electron chi connectivity index (χ1n) is 6.89. The van der Waals surface area contributed by atoms with E-state index in [4.69, 9.17) is 4.74 Å². The van der Waals surface area contributed by atoms with E-state index in [2.05, 4.69) is 33.0 Å². The highest BCUT2D eigenvalue weighted by molar-refractivity contribution is 5.76. The highest BCUT2D eigenvalue weighted by Gasteiger charge is 2.21. The highest BCUT2D eigenvalue weighted by atomic mass is 16.5. The molecule has 3 heteroatoms. The molecule has 3 nitrogen and oxygen atoms in total. The van der Waals surface area contributed by atoms with Crippen molar-refractivity contribution in [3.8, 4) is 0 Å². The number of hydrogen-bond acceptors (Lipinski definition) is 2. The molecule has 1 heterocycles. The predicted molar refractivity (Wildman–Crippen MR) is 69.8 cm³/mol. The zero-order valence-electron chi connectivity index (χ0n) is 11.7. The van der Waals surface area contributed by atoms with Crippen LogP contribution >= 0.6 is 0 Å². The third kappa shape index (κ3) is 5.07. The lowest BCUT2D eigenvalue weighted by Crippen LogP contribution is -2.35. The number of carbonyl (C=O) groups is 1. The monoisotopic (exact) mass is 241 g/mol. The number of amides is 1. The maximum absolute atomic E-state index is 11.8. The SMILES string of the molecule is CC(C)C(CNC(=O)CC1CCCO1)C(C)C. The van der Waals surface area contributed by atoms with Gasteiger partial charge in [0.05, 0.1) is 12.5 Å². The van der Waals surface area contributed by atoms with Crippen LogP contribution in [0.15, 0.2) is 0 Å². The van der Waals surface area contributed by atoms with Crippen LogP contribution in [0.1, 0.15) is 47.0 Å². The lowest BCUT2D eigenvalue weighted by atomic mass is 9.85. The molecule has 1 N–H and O–H groups in total. The van der Waals surface area contributed by atoms with Crippen LogP contribution in [0.3, 0.4) is 0 Å². The molecular weight excluding hydrogens is 214 g/mol. The van der Waals surface area contributed by atoms with Crippen LogP contribution in [0.25, 0.3) is 0 Å². The van der Waals surface area contributed by atoms with Crippen LogP contribution in [-0.2, 0) is 9.53 Å². The van der Waals surface area contributed by atoms with Crippen molar-refractivity contribution in [1.82, 2.24) is 5.32 Å². The largest absolute Gasteiger partial charge is 0.378 e. The average molecular weight is 241 g/mol. The van der Waals surface area contributed by atoms with Gasteiger partial charge < -0.3 is 10.1 Å². The van der Waals surface area contributed by atoms with E-state index in [1.165, 1.54) is 0 Å². The summed E-state index contributed by atoms with van der Waals surface area (Å²) < 4.78 is 5.46. The van der Waals surface area contributed by atoms with Crippen LogP contribution in [0.4, 0.5) is 0 Å². The summed E-state index contributed by atoms with van der Waals surface area (Å²) in [4.78, 5) is 11.8. The Morgan fingerprint density at radius 1 is 1.29 bits per heavy atom. The van der Waals surface area contributed by atoms with E-state index in [9.17, 15) is 4.79 Å². The average Bonchev–Trinajstić information content (AvgIpc) is 2.69. The molecule has 17 heavy (non-hydrogen) atoms. The topological polar surface area (TPSA) is 38.3 Å². The molecule has 100 valence electrons. The van der Waals surface area contributed by atoms with Gasteiger partial charge >= 0.3 is 0 Å². The van der Waals surface area contributed by atoms with Gasteiger partial charge in [-0.15, -0.1) is 0 Å². The Morgan fingerprint density at radius 3 is 2.41 bits per heavy atom. The lowest BCUT2D eigenvalue weighted by molar-refractivity contribution is -0.123. The molecule has 1 rings (SSSR count). The van der Waals surface area contributed by atoms with Gasteiger partial charge in [-0.25, -0.2) is 0 Å². The molecule has 0 aromatic rings. The molecule has 0 aliphatic carbocycles. The minimum Gasteiger partial charge on any atom is -0.378 e. The summed E-state index contributed by atoms with van der Waals surface area (Å²) in [7, 11) is 0. The van der Waals surface area contributed by atoms with Crippen molar-refractivity contribution in [2.75, 3.05) is 13.2 Å². The van der Waals surface area contributed by atoms with Gasteiger partial charge in [0, 0.05) is 13.2 Å². The summed E-state index contributed by atoms with van der Waals surface area (Å²) in [5.74, 6) is 1.92. The Labute approximate surface area is 105 Å². The molecule has 1 unspecified atom stereocenters. The Balaban J connectivity index is 2.25. The van der Waals surface area contributed by atoms with E-state index >= 15 is 0 Å². The van der Waals surface area contributed by atoms with Gasteiger partial charge in [0.2, 0.25) is 5.91 Å². The lowest BCUT2D eigenvalue weighted by Gasteiger charge is -2.25. The molecule has 1 amide bonds. The molecule has 1 atom stereocenters. The number of carbonyl (C=O) groups excluding carboxylic acids is 1. The number of rotatable bonds is 6. The Hall–Kier alpha value is -0.570. The fraction of sp³-hybridized carbons (Fsp3) is 0.929. The van der Waals surface area contributed by atoms with Gasteiger partial charge in [0.1, 0.15) is 0 Å². The summed E-state index contributed by atoms with van der Waals surface area (Å²) in [6.45, 7) is 10.5. The van der Waals surface area contributed by atoms with Gasteiger partial charge in [-0.1, -0.05) is 27.7 Å². The summed E-state index contributed by atoms with van der Waals surface area (Å²) in [6.07, 6.45) is 2.82. The van der Waals surface area contributed by atoms with Gasteiger partial charge in [0.15, 0.2) is 0 Å². The summed E-state index contributed by atoms with van der Waals surface area (Å²) in [5, 5.41) is 3.05. The van der Waals surface area contributed by atoms with E-state index in [0.29, 0.717) is 24.2 Å². The van der Waals surface area contributed by atoms with E-state index in [0.717, 1.165) is 26.0 Å². The van der Waals surface area contributed by atoms with E-state index < -0.39 is 0 Å². The van der Waals surface area contributed by atoms with Gasteiger partial charge in [-0.3, -0.25) is 4.79 Å². The van der Waals surface area contributed by atoms with Crippen molar-refractivity contribution >= 4 is 5.91 Å². The fourth-order valence-electron chi connectivity index (χ4n) is 2.56. The first kappa shape index (κ1) is 14.5. The molecule has 0 spiro atoms. The van der Waals surface area contributed by atoms with Crippen LogP contribution < -0.4 is 5.32 Å². The quantitative estimate of drug-likeness (QED) is 0.776. The molecule has 0 aromatic heterocycles.